The molecular weight excluding hydrogens is 412 g/mol. The van der Waals surface area contributed by atoms with Gasteiger partial charge < -0.3 is 4.98 Å². The average Bonchev–Trinajstić information content (AvgIpc) is 3.42. The molecule has 1 aromatic carbocycles. The molecule has 2 saturated carbocycles. The van der Waals surface area contributed by atoms with Crippen molar-refractivity contribution in [2.45, 2.75) is 56.7 Å². The highest BCUT2D eigenvalue weighted by atomic mass is 32.2. The number of aromatic nitrogens is 2. The standard InChI is InChI=1S/C23H26N4O3S/c1-2-15-12-16(6-9-21(15)26-31(29,30)18-4-3-5-18)20-13-22(27(14-28)17-7-8-17)25-23-19(20)10-11-24-23/h6,9-14,17-18,26H,2-5,7-8H2,1H3,(H,24,25). The lowest BCUT2D eigenvalue weighted by molar-refractivity contribution is -0.107. The first-order valence-corrected chi connectivity index (χ1v) is 12.4. The first-order chi connectivity index (χ1) is 15.0. The fourth-order valence-corrected chi connectivity index (χ4v) is 5.77. The Bertz CT molecular complexity index is 1240. The third-order valence-corrected chi connectivity index (χ3v) is 8.23. The average molecular weight is 439 g/mol. The molecule has 7 nitrogen and oxygen atoms in total. The number of benzene rings is 1. The summed E-state index contributed by atoms with van der Waals surface area (Å²) in [7, 11) is -3.35. The molecule has 2 aliphatic rings. The molecule has 0 atom stereocenters. The van der Waals surface area contributed by atoms with E-state index in [4.69, 9.17) is 0 Å². The van der Waals surface area contributed by atoms with E-state index in [-0.39, 0.29) is 11.3 Å². The number of rotatable bonds is 8. The number of nitrogens with one attached hydrogen (secondary N) is 2. The van der Waals surface area contributed by atoms with Crippen LogP contribution in [0.15, 0.2) is 36.5 Å². The van der Waals surface area contributed by atoms with Gasteiger partial charge in [-0.15, -0.1) is 0 Å². The zero-order valence-electron chi connectivity index (χ0n) is 17.5. The number of nitrogens with zero attached hydrogens (tertiary/aromatic N) is 2. The Balaban J connectivity index is 1.55. The van der Waals surface area contributed by atoms with E-state index in [1.807, 2.05) is 43.5 Å². The van der Waals surface area contributed by atoms with Gasteiger partial charge in [0.05, 0.1) is 10.9 Å². The summed E-state index contributed by atoms with van der Waals surface area (Å²) in [4.78, 5) is 21.2. The molecular formula is C23H26N4O3S. The lowest BCUT2D eigenvalue weighted by atomic mass is 9.99. The molecule has 0 bridgehead atoms. The van der Waals surface area contributed by atoms with E-state index in [1.165, 1.54) is 0 Å². The van der Waals surface area contributed by atoms with E-state index in [2.05, 4.69) is 14.7 Å². The summed E-state index contributed by atoms with van der Waals surface area (Å²) in [5, 5.41) is 0.686. The van der Waals surface area contributed by atoms with E-state index in [0.717, 1.165) is 66.2 Å². The number of carbonyl (C=O) groups is 1. The highest BCUT2D eigenvalue weighted by molar-refractivity contribution is 7.93. The molecule has 2 heterocycles. The van der Waals surface area contributed by atoms with E-state index < -0.39 is 10.0 Å². The van der Waals surface area contributed by atoms with Crippen LogP contribution in [0, 0.1) is 0 Å². The predicted octanol–water partition coefficient (Wildman–Crippen LogP) is 4.21. The van der Waals surface area contributed by atoms with Gasteiger partial charge in [0.2, 0.25) is 16.4 Å². The second-order valence-electron chi connectivity index (χ2n) is 8.44. The molecule has 0 unspecified atom stereocenters. The van der Waals surface area contributed by atoms with E-state index in [1.54, 1.807) is 4.90 Å². The number of H-pyrrole nitrogens is 1. The Morgan fingerprint density at radius 1 is 1.19 bits per heavy atom. The van der Waals surface area contributed by atoms with Crippen molar-refractivity contribution in [2.75, 3.05) is 9.62 Å². The number of fused-ring (bicyclic) bond motifs is 1. The van der Waals surface area contributed by atoms with Crippen LogP contribution in [0.4, 0.5) is 11.5 Å². The molecule has 2 N–H and O–H groups in total. The Hall–Kier alpha value is -2.87. The summed E-state index contributed by atoms with van der Waals surface area (Å²) in [6, 6.07) is 9.97. The minimum atomic E-state index is -3.35. The molecule has 1 amide bonds. The molecule has 162 valence electrons. The number of hydrogen-bond acceptors (Lipinski definition) is 4. The van der Waals surface area contributed by atoms with Crippen LogP contribution in [0.2, 0.25) is 0 Å². The van der Waals surface area contributed by atoms with Gasteiger partial charge in [-0.2, -0.15) is 0 Å². The predicted molar refractivity (Wildman–Crippen MR) is 123 cm³/mol. The van der Waals surface area contributed by atoms with Crippen LogP contribution < -0.4 is 9.62 Å². The highest BCUT2D eigenvalue weighted by Gasteiger charge is 2.32. The summed E-state index contributed by atoms with van der Waals surface area (Å²) in [6.07, 6.45) is 7.82. The van der Waals surface area contributed by atoms with Gasteiger partial charge in [-0.05, 0) is 73.1 Å². The molecule has 3 aromatic rings. The van der Waals surface area contributed by atoms with Crippen LogP contribution in [0.25, 0.3) is 22.2 Å². The molecule has 0 spiro atoms. The number of amides is 1. The van der Waals surface area contributed by atoms with Crippen molar-refractivity contribution in [1.29, 1.82) is 0 Å². The van der Waals surface area contributed by atoms with Gasteiger partial charge in [0.15, 0.2) is 0 Å². The number of anilines is 2. The van der Waals surface area contributed by atoms with Crippen molar-refractivity contribution in [1.82, 2.24) is 9.97 Å². The maximum absolute atomic E-state index is 12.6. The van der Waals surface area contributed by atoms with Crippen LogP contribution >= 0.6 is 0 Å². The fourth-order valence-electron chi connectivity index (χ4n) is 4.15. The summed E-state index contributed by atoms with van der Waals surface area (Å²) < 4.78 is 28.0. The van der Waals surface area contributed by atoms with Crippen molar-refractivity contribution >= 4 is 39.0 Å². The quantitative estimate of drug-likeness (QED) is 0.515. The molecule has 0 radical (unpaired) electrons. The van der Waals surface area contributed by atoms with Crippen molar-refractivity contribution in [3.8, 4) is 11.1 Å². The molecule has 2 aromatic heterocycles. The molecule has 5 rings (SSSR count). The molecule has 31 heavy (non-hydrogen) atoms. The third kappa shape index (κ3) is 3.69. The second-order valence-corrected chi connectivity index (χ2v) is 10.4. The summed E-state index contributed by atoms with van der Waals surface area (Å²) in [6.45, 7) is 2.02. The number of aryl methyl sites for hydroxylation is 1. The number of pyridine rings is 1. The van der Waals surface area contributed by atoms with Gasteiger partial charge in [0.1, 0.15) is 11.5 Å². The maximum atomic E-state index is 12.6. The van der Waals surface area contributed by atoms with Crippen molar-refractivity contribution < 1.29 is 13.2 Å². The lowest BCUT2D eigenvalue weighted by Gasteiger charge is -2.26. The number of hydrogen-bond donors (Lipinski definition) is 2. The van der Waals surface area contributed by atoms with Gasteiger partial charge in [0, 0.05) is 17.6 Å². The lowest BCUT2D eigenvalue weighted by Crippen LogP contribution is -2.33. The molecule has 2 fully saturated rings. The van der Waals surface area contributed by atoms with Crippen LogP contribution in [0.5, 0.6) is 0 Å². The number of sulfonamides is 1. The minimum absolute atomic E-state index is 0.222. The zero-order valence-corrected chi connectivity index (χ0v) is 18.3. The van der Waals surface area contributed by atoms with Crippen molar-refractivity contribution in [2.24, 2.45) is 0 Å². The summed E-state index contributed by atoms with van der Waals surface area (Å²) in [5.41, 5.74) is 4.25. The summed E-state index contributed by atoms with van der Waals surface area (Å²) >= 11 is 0. The van der Waals surface area contributed by atoms with Crippen LogP contribution in [-0.2, 0) is 21.2 Å². The SMILES string of the molecule is CCc1cc(-c2cc(N(C=O)C3CC3)nc3[nH]ccc23)ccc1NS(=O)(=O)C1CCC1. The van der Waals surface area contributed by atoms with Gasteiger partial charge in [-0.1, -0.05) is 19.4 Å². The van der Waals surface area contributed by atoms with E-state index in [0.29, 0.717) is 17.9 Å². The van der Waals surface area contributed by atoms with Gasteiger partial charge in [-0.25, -0.2) is 13.4 Å². The topological polar surface area (TPSA) is 95.2 Å². The normalized spacial score (nSPS) is 16.8. The maximum Gasteiger partial charge on any atom is 0.235 e. The molecule has 8 heteroatoms. The molecule has 2 aliphatic carbocycles. The van der Waals surface area contributed by atoms with Crippen molar-refractivity contribution in [3.05, 3.63) is 42.1 Å². The van der Waals surface area contributed by atoms with Crippen LogP contribution in [0.3, 0.4) is 0 Å². The van der Waals surface area contributed by atoms with E-state index in [9.17, 15) is 13.2 Å². The van der Waals surface area contributed by atoms with Gasteiger partial charge in [0.25, 0.3) is 0 Å². The zero-order chi connectivity index (χ0) is 21.6. The van der Waals surface area contributed by atoms with Crippen LogP contribution in [0.1, 0.15) is 44.6 Å². The number of aromatic amines is 1. The van der Waals surface area contributed by atoms with E-state index >= 15 is 0 Å². The highest BCUT2D eigenvalue weighted by Crippen LogP contribution is 2.37. The Morgan fingerprint density at radius 3 is 2.65 bits per heavy atom. The van der Waals surface area contributed by atoms with Crippen LogP contribution in [-0.4, -0.2) is 36.1 Å². The first-order valence-electron chi connectivity index (χ1n) is 10.9. The summed E-state index contributed by atoms with van der Waals surface area (Å²) in [5.74, 6) is 0.635. The molecule has 0 saturated heterocycles. The molecule has 0 aliphatic heterocycles. The Morgan fingerprint density at radius 2 is 2.00 bits per heavy atom. The Kier molecular flexibility index (Phi) is 4.97. The largest absolute Gasteiger partial charge is 0.346 e. The smallest absolute Gasteiger partial charge is 0.235 e. The van der Waals surface area contributed by atoms with Gasteiger partial charge in [-0.3, -0.25) is 14.4 Å². The third-order valence-electron chi connectivity index (χ3n) is 6.37. The number of carbonyl (C=O) groups excluding carboxylic acids is 1. The first kappa shape index (κ1) is 20.1. The monoisotopic (exact) mass is 438 g/mol. The minimum Gasteiger partial charge on any atom is -0.346 e. The fraction of sp³-hybridized carbons (Fsp3) is 0.391. The van der Waals surface area contributed by atoms with Gasteiger partial charge >= 0.3 is 0 Å². The van der Waals surface area contributed by atoms with Crippen molar-refractivity contribution in [3.63, 3.8) is 0 Å². The Labute approximate surface area is 181 Å². The second kappa shape index (κ2) is 7.67.